The molecule has 1 aromatic rings. The van der Waals surface area contributed by atoms with Crippen LogP contribution in [0.2, 0.25) is 0 Å². The van der Waals surface area contributed by atoms with Crippen molar-refractivity contribution in [1.82, 2.24) is 10.0 Å². The predicted octanol–water partition coefficient (Wildman–Crippen LogP) is 1.36. The van der Waals surface area contributed by atoms with E-state index in [4.69, 9.17) is 5.11 Å². The lowest BCUT2D eigenvalue weighted by Crippen LogP contribution is -2.33. The molecule has 0 unspecified atom stereocenters. The first-order chi connectivity index (χ1) is 11.2. The largest absolute Gasteiger partial charge is 0.481 e. The molecule has 1 aliphatic rings. The molecule has 1 amide bonds. The fourth-order valence-corrected chi connectivity index (χ4v) is 4.02. The van der Waals surface area contributed by atoms with E-state index in [-0.39, 0.29) is 22.9 Å². The van der Waals surface area contributed by atoms with Gasteiger partial charge in [-0.3, -0.25) is 9.59 Å². The average molecular weight is 354 g/mol. The molecule has 24 heavy (non-hydrogen) atoms. The van der Waals surface area contributed by atoms with Gasteiger partial charge in [-0.1, -0.05) is 0 Å². The summed E-state index contributed by atoms with van der Waals surface area (Å²) in [5.41, 5.74) is 0.345. The van der Waals surface area contributed by atoms with Crippen molar-refractivity contribution >= 4 is 21.9 Å². The second-order valence-electron chi connectivity index (χ2n) is 6.32. The lowest BCUT2D eigenvalue weighted by Gasteiger charge is -2.13. The van der Waals surface area contributed by atoms with Gasteiger partial charge < -0.3 is 10.4 Å². The average Bonchev–Trinajstić information content (AvgIpc) is 2.95. The number of rotatable bonds is 6. The van der Waals surface area contributed by atoms with Crippen LogP contribution in [-0.2, 0) is 14.8 Å². The highest BCUT2D eigenvalue weighted by Crippen LogP contribution is 2.26. The molecular weight excluding hydrogens is 332 g/mol. The Morgan fingerprint density at radius 3 is 2.29 bits per heavy atom. The number of aliphatic carboxylic acids is 1. The minimum absolute atomic E-state index is 0.0968. The molecule has 3 N–H and O–H groups in total. The Morgan fingerprint density at radius 1 is 1.17 bits per heavy atom. The van der Waals surface area contributed by atoms with Gasteiger partial charge in [0.1, 0.15) is 0 Å². The van der Waals surface area contributed by atoms with E-state index in [1.807, 2.05) is 0 Å². The molecule has 8 heteroatoms. The fraction of sp³-hybridized carbons (Fsp3) is 0.500. The standard InChI is InChI=1S/C16H22N2O5S/c1-10(2)18-24(22,23)14-7-4-11(5-8-14)15(19)17-13-6-3-12(9-13)16(20)21/h4-5,7-8,10,12-13,18H,3,6,9H2,1-2H3,(H,17,19)(H,20,21)/t12-,13+/m1/s1. The quantitative estimate of drug-likeness (QED) is 0.714. The number of hydrogen-bond acceptors (Lipinski definition) is 4. The first-order valence-electron chi connectivity index (χ1n) is 7.85. The van der Waals surface area contributed by atoms with Crippen LogP contribution < -0.4 is 10.0 Å². The minimum atomic E-state index is -3.59. The summed E-state index contributed by atoms with van der Waals surface area (Å²) < 4.78 is 26.5. The maximum Gasteiger partial charge on any atom is 0.306 e. The fourth-order valence-electron chi connectivity index (χ4n) is 2.77. The number of sulfonamides is 1. The molecule has 0 spiro atoms. The zero-order valence-corrected chi connectivity index (χ0v) is 14.5. The molecule has 2 atom stereocenters. The second-order valence-corrected chi connectivity index (χ2v) is 8.03. The summed E-state index contributed by atoms with van der Waals surface area (Å²) >= 11 is 0. The minimum Gasteiger partial charge on any atom is -0.481 e. The van der Waals surface area contributed by atoms with Gasteiger partial charge in [-0.05, 0) is 57.4 Å². The highest BCUT2D eigenvalue weighted by molar-refractivity contribution is 7.89. The Labute approximate surface area is 141 Å². The third kappa shape index (κ3) is 4.55. The van der Waals surface area contributed by atoms with Gasteiger partial charge in [-0.25, -0.2) is 13.1 Å². The van der Waals surface area contributed by atoms with Crippen molar-refractivity contribution in [2.45, 2.75) is 50.1 Å². The second kappa shape index (κ2) is 7.31. The van der Waals surface area contributed by atoms with Crippen LogP contribution in [0.3, 0.4) is 0 Å². The topological polar surface area (TPSA) is 113 Å². The lowest BCUT2D eigenvalue weighted by molar-refractivity contribution is -0.141. The third-order valence-corrected chi connectivity index (χ3v) is 5.61. The van der Waals surface area contributed by atoms with Crippen molar-refractivity contribution in [3.05, 3.63) is 29.8 Å². The van der Waals surface area contributed by atoms with Gasteiger partial charge in [0.05, 0.1) is 10.8 Å². The molecule has 132 valence electrons. The van der Waals surface area contributed by atoms with E-state index in [0.717, 1.165) is 0 Å². The van der Waals surface area contributed by atoms with Crippen molar-refractivity contribution in [1.29, 1.82) is 0 Å². The summed E-state index contributed by atoms with van der Waals surface area (Å²) in [5, 5.41) is 11.8. The number of carbonyl (C=O) groups excluding carboxylic acids is 1. The molecule has 1 aromatic carbocycles. The van der Waals surface area contributed by atoms with E-state index in [2.05, 4.69) is 10.0 Å². The molecule has 1 fully saturated rings. The summed E-state index contributed by atoms with van der Waals surface area (Å²) in [5.74, 6) is -1.57. The lowest BCUT2D eigenvalue weighted by atomic mass is 10.1. The third-order valence-electron chi connectivity index (χ3n) is 3.93. The number of hydrogen-bond donors (Lipinski definition) is 3. The predicted molar refractivity (Wildman–Crippen MR) is 88.1 cm³/mol. The van der Waals surface area contributed by atoms with Crippen molar-refractivity contribution in [3.8, 4) is 0 Å². The van der Waals surface area contributed by atoms with Gasteiger partial charge in [0.25, 0.3) is 5.91 Å². The number of carboxylic acids is 1. The Morgan fingerprint density at radius 2 is 1.79 bits per heavy atom. The molecule has 0 bridgehead atoms. The molecule has 0 aromatic heterocycles. The van der Waals surface area contributed by atoms with E-state index in [9.17, 15) is 18.0 Å². The molecule has 7 nitrogen and oxygen atoms in total. The first-order valence-corrected chi connectivity index (χ1v) is 9.33. The van der Waals surface area contributed by atoms with Crippen molar-refractivity contribution in [2.75, 3.05) is 0 Å². The molecule has 0 radical (unpaired) electrons. The summed E-state index contributed by atoms with van der Waals surface area (Å²) in [6.07, 6.45) is 1.61. The summed E-state index contributed by atoms with van der Waals surface area (Å²) in [6, 6.07) is 5.29. The van der Waals surface area contributed by atoms with Crippen LogP contribution in [0.15, 0.2) is 29.2 Å². The van der Waals surface area contributed by atoms with Crippen LogP contribution >= 0.6 is 0 Å². The monoisotopic (exact) mass is 354 g/mol. The molecular formula is C16H22N2O5S. The number of carbonyl (C=O) groups is 2. The van der Waals surface area contributed by atoms with Crippen LogP contribution in [0.4, 0.5) is 0 Å². The Bertz CT molecular complexity index is 712. The van der Waals surface area contributed by atoms with E-state index in [0.29, 0.717) is 24.8 Å². The maximum absolute atomic E-state index is 12.2. The number of amides is 1. The van der Waals surface area contributed by atoms with Crippen LogP contribution in [0.1, 0.15) is 43.5 Å². The van der Waals surface area contributed by atoms with Gasteiger partial charge in [-0.2, -0.15) is 0 Å². The highest BCUT2D eigenvalue weighted by atomic mass is 32.2. The zero-order valence-electron chi connectivity index (χ0n) is 13.7. The SMILES string of the molecule is CC(C)NS(=O)(=O)c1ccc(C(=O)N[C@H]2CC[C@@H](C(=O)O)C2)cc1. The van der Waals surface area contributed by atoms with Gasteiger partial charge in [0, 0.05) is 17.6 Å². The Kier molecular flexibility index (Phi) is 5.61. The molecule has 0 saturated heterocycles. The van der Waals surface area contributed by atoms with E-state index in [1.54, 1.807) is 13.8 Å². The summed E-state index contributed by atoms with van der Waals surface area (Å²) in [7, 11) is -3.59. The van der Waals surface area contributed by atoms with Crippen molar-refractivity contribution in [3.63, 3.8) is 0 Å². The number of carboxylic acid groups (broad SMARTS) is 1. The normalized spacial score (nSPS) is 21.0. The summed E-state index contributed by atoms with van der Waals surface area (Å²) in [6.45, 7) is 3.46. The van der Waals surface area contributed by atoms with Crippen molar-refractivity contribution < 1.29 is 23.1 Å². The van der Waals surface area contributed by atoms with E-state index >= 15 is 0 Å². The Balaban J connectivity index is 2.01. The molecule has 1 saturated carbocycles. The molecule has 1 aliphatic carbocycles. The smallest absolute Gasteiger partial charge is 0.306 e. The van der Waals surface area contributed by atoms with Gasteiger partial charge in [0.15, 0.2) is 0 Å². The Hall–Kier alpha value is -1.93. The molecule has 0 aliphatic heterocycles. The number of benzene rings is 1. The zero-order chi connectivity index (χ0) is 17.9. The van der Waals surface area contributed by atoms with Crippen molar-refractivity contribution in [2.24, 2.45) is 5.92 Å². The van der Waals surface area contributed by atoms with Gasteiger partial charge in [0.2, 0.25) is 10.0 Å². The van der Waals surface area contributed by atoms with E-state index in [1.165, 1.54) is 24.3 Å². The maximum atomic E-state index is 12.2. The van der Waals surface area contributed by atoms with Crippen LogP contribution in [0.25, 0.3) is 0 Å². The first kappa shape index (κ1) is 18.4. The van der Waals surface area contributed by atoms with Crippen LogP contribution in [0, 0.1) is 5.92 Å². The van der Waals surface area contributed by atoms with Gasteiger partial charge >= 0.3 is 5.97 Å². The molecule has 2 rings (SSSR count). The van der Waals surface area contributed by atoms with Crippen LogP contribution in [0.5, 0.6) is 0 Å². The summed E-state index contributed by atoms with van der Waals surface area (Å²) in [4.78, 5) is 23.2. The van der Waals surface area contributed by atoms with Crippen LogP contribution in [-0.4, -0.2) is 37.5 Å². The highest BCUT2D eigenvalue weighted by Gasteiger charge is 2.30. The van der Waals surface area contributed by atoms with E-state index < -0.39 is 21.9 Å². The molecule has 0 heterocycles. The van der Waals surface area contributed by atoms with Gasteiger partial charge in [-0.15, -0.1) is 0 Å². The number of nitrogens with one attached hydrogen (secondary N) is 2.